The summed E-state index contributed by atoms with van der Waals surface area (Å²) in [5, 5.41) is 7.83. The molecule has 0 radical (unpaired) electrons. The summed E-state index contributed by atoms with van der Waals surface area (Å²) in [4.78, 5) is 31.5. The van der Waals surface area contributed by atoms with E-state index in [-0.39, 0.29) is 17.9 Å². The highest BCUT2D eigenvalue weighted by Crippen LogP contribution is 2.32. The molecule has 0 spiro atoms. The van der Waals surface area contributed by atoms with Crippen molar-refractivity contribution in [3.63, 3.8) is 0 Å². The maximum Gasteiger partial charge on any atom is 0.341 e. The number of para-hydroxylation sites is 1. The molecule has 6 nitrogen and oxygen atoms in total. The zero-order chi connectivity index (χ0) is 20.2. The van der Waals surface area contributed by atoms with Crippen LogP contribution >= 0.6 is 11.3 Å². The van der Waals surface area contributed by atoms with E-state index in [9.17, 15) is 9.59 Å². The van der Waals surface area contributed by atoms with Gasteiger partial charge in [-0.1, -0.05) is 18.2 Å². The van der Waals surface area contributed by atoms with Crippen LogP contribution in [0.15, 0.2) is 47.3 Å². The lowest BCUT2D eigenvalue weighted by Crippen LogP contribution is -2.45. The summed E-state index contributed by atoms with van der Waals surface area (Å²) in [6.07, 6.45) is 3.24. The van der Waals surface area contributed by atoms with Crippen molar-refractivity contribution in [3.8, 4) is 0 Å². The number of thiophene rings is 1. The van der Waals surface area contributed by atoms with Gasteiger partial charge in [0.15, 0.2) is 0 Å². The van der Waals surface area contributed by atoms with Gasteiger partial charge >= 0.3 is 5.97 Å². The molecule has 29 heavy (non-hydrogen) atoms. The number of hydrogen-bond donors (Lipinski definition) is 1. The van der Waals surface area contributed by atoms with Crippen LogP contribution in [0.2, 0.25) is 0 Å². The molecule has 150 valence electrons. The van der Waals surface area contributed by atoms with Gasteiger partial charge in [0, 0.05) is 41.7 Å². The maximum absolute atomic E-state index is 12.5. The van der Waals surface area contributed by atoms with E-state index in [2.05, 4.69) is 15.2 Å². The second kappa shape index (κ2) is 8.61. The predicted octanol–water partition coefficient (Wildman–Crippen LogP) is 3.87. The van der Waals surface area contributed by atoms with Crippen LogP contribution in [-0.2, 0) is 4.74 Å². The van der Waals surface area contributed by atoms with Gasteiger partial charge in [-0.2, -0.15) is 11.3 Å². The first-order chi connectivity index (χ1) is 14.2. The van der Waals surface area contributed by atoms with Crippen molar-refractivity contribution in [2.75, 3.05) is 24.6 Å². The van der Waals surface area contributed by atoms with Crippen LogP contribution in [0.4, 0.5) is 5.69 Å². The monoisotopic (exact) mass is 409 g/mol. The summed E-state index contributed by atoms with van der Waals surface area (Å²) >= 11 is 1.52. The Morgan fingerprint density at radius 3 is 2.76 bits per heavy atom. The van der Waals surface area contributed by atoms with Gasteiger partial charge in [0.05, 0.1) is 17.8 Å². The fraction of sp³-hybridized carbons (Fsp3) is 0.318. The number of piperidine rings is 1. The molecule has 1 amide bonds. The molecule has 0 saturated carbocycles. The molecule has 1 aromatic carbocycles. The van der Waals surface area contributed by atoms with Crippen molar-refractivity contribution >= 4 is 39.8 Å². The second-order valence-corrected chi connectivity index (χ2v) is 7.78. The molecule has 1 aliphatic heterocycles. The summed E-state index contributed by atoms with van der Waals surface area (Å²) in [5.74, 6) is -0.375. The van der Waals surface area contributed by atoms with Crippen LogP contribution in [0.3, 0.4) is 0 Å². The number of nitrogens with one attached hydrogen (secondary N) is 1. The minimum atomic E-state index is -0.353. The van der Waals surface area contributed by atoms with Gasteiger partial charge in [0.25, 0.3) is 5.91 Å². The number of fused-ring (bicyclic) bond motifs is 1. The lowest BCUT2D eigenvalue weighted by atomic mass is 10.0. The van der Waals surface area contributed by atoms with E-state index < -0.39 is 0 Å². The third-order valence-corrected chi connectivity index (χ3v) is 5.86. The van der Waals surface area contributed by atoms with E-state index in [1.165, 1.54) is 11.3 Å². The highest BCUT2D eigenvalue weighted by Gasteiger charge is 2.26. The number of carbonyl (C=O) groups excluding carboxylic acids is 2. The van der Waals surface area contributed by atoms with Gasteiger partial charge in [0.1, 0.15) is 5.56 Å². The molecule has 1 N–H and O–H groups in total. The summed E-state index contributed by atoms with van der Waals surface area (Å²) in [6.45, 7) is 3.61. The molecule has 1 fully saturated rings. The molecule has 3 aromatic rings. The second-order valence-electron chi connectivity index (χ2n) is 7.00. The zero-order valence-corrected chi connectivity index (χ0v) is 17.1. The van der Waals surface area contributed by atoms with Gasteiger partial charge < -0.3 is 15.0 Å². The first-order valence-corrected chi connectivity index (χ1v) is 10.7. The number of ether oxygens (including phenoxy) is 1. The number of aromatic nitrogens is 1. The quantitative estimate of drug-likeness (QED) is 0.648. The van der Waals surface area contributed by atoms with Crippen LogP contribution in [0.25, 0.3) is 10.9 Å². The van der Waals surface area contributed by atoms with Gasteiger partial charge in [-0.3, -0.25) is 9.78 Å². The number of pyridine rings is 1. The van der Waals surface area contributed by atoms with Gasteiger partial charge in [-0.05, 0) is 37.3 Å². The summed E-state index contributed by atoms with van der Waals surface area (Å²) in [5.41, 5.74) is 2.92. The van der Waals surface area contributed by atoms with E-state index in [4.69, 9.17) is 4.74 Å². The fourth-order valence-corrected chi connectivity index (χ4v) is 4.37. The maximum atomic E-state index is 12.5. The minimum absolute atomic E-state index is 0.0220. The lowest BCUT2D eigenvalue weighted by molar-refractivity contribution is 0.0526. The Labute approximate surface area is 173 Å². The molecular formula is C22H23N3O3S. The van der Waals surface area contributed by atoms with Crippen molar-refractivity contribution in [2.24, 2.45) is 0 Å². The third kappa shape index (κ3) is 4.10. The Hall–Kier alpha value is -2.93. The molecule has 1 saturated heterocycles. The largest absolute Gasteiger partial charge is 0.462 e. The van der Waals surface area contributed by atoms with Crippen molar-refractivity contribution in [2.45, 2.75) is 25.8 Å². The highest BCUT2D eigenvalue weighted by atomic mass is 32.1. The van der Waals surface area contributed by atoms with Crippen molar-refractivity contribution < 1.29 is 14.3 Å². The van der Waals surface area contributed by atoms with Crippen LogP contribution in [0.5, 0.6) is 0 Å². The molecule has 1 aliphatic rings. The average molecular weight is 410 g/mol. The Morgan fingerprint density at radius 1 is 1.24 bits per heavy atom. The van der Waals surface area contributed by atoms with Crippen LogP contribution in [0.1, 0.15) is 40.5 Å². The number of anilines is 1. The summed E-state index contributed by atoms with van der Waals surface area (Å²) in [7, 11) is 0. The SMILES string of the molecule is CCOC(=O)c1cnc2ccccc2c1N1CCC(NC(=O)c2ccsc2)CC1. The normalized spacial score (nSPS) is 14.7. The number of esters is 1. The van der Waals surface area contributed by atoms with Gasteiger partial charge in [-0.25, -0.2) is 4.79 Å². The highest BCUT2D eigenvalue weighted by molar-refractivity contribution is 7.08. The van der Waals surface area contributed by atoms with E-state index >= 15 is 0 Å². The summed E-state index contributed by atoms with van der Waals surface area (Å²) < 4.78 is 5.26. The number of benzene rings is 1. The molecule has 3 heterocycles. The predicted molar refractivity (Wildman–Crippen MR) is 115 cm³/mol. The molecule has 7 heteroatoms. The number of hydrogen-bond acceptors (Lipinski definition) is 6. The van der Waals surface area contributed by atoms with Crippen molar-refractivity contribution in [1.82, 2.24) is 10.3 Å². The first-order valence-electron chi connectivity index (χ1n) is 9.80. The molecule has 0 unspecified atom stereocenters. The van der Waals surface area contributed by atoms with Crippen LogP contribution in [0, 0.1) is 0 Å². The van der Waals surface area contributed by atoms with Crippen molar-refractivity contribution in [1.29, 1.82) is 0 Å². The lowest BCUT2D eigenvalue weighted by Gasteiger charge is -2.35. The van der Waals surface area contributed by atoms with Crippen LogP contribution < -0.4 is 10.2 Å². The number of amides is 1. The van der Waals surface area contributed by atoms with E-state index in [0.29, 0.717) is 17.7 Å². The minimum Gasteiger partial charge on any atom is -0.462 e. The summed E-state index contributed by atoms with van der Waals surface area (Å²) in [6, 6.07) is 9.79. The van der Waals surface area contributed by atoms with Crippen molar-refractivity contribution in [3.05, 3.63) is 58.4 Å². The Kier molecular flexibility index (Phi) is 5.76. The smallest absolute Gasteiger partial charge is 0.341 e. The molecule has 4 rings (SSSR count). The number of carbonyl (C=O) groups is 2. The Balaban J connectivity index is 1.55. The van der Waals surface area contributed by atoms with E-state index in [1.54, 1.807) is 13.1 Å². The third-order valence-electron chi connectivity index (χ3n) is 5.17. The molecular weight excluding hydrogens is 386 g/mol. The average Bonchev–Trinajstić information content (AvgIpc) is 3.29. The molecule has 2 aromatic heterocycles. The Morgan fingerprint density at radius 2 is 2.03 bits per heavy atom. The zero-order valence-electron chi connectivity index (χ0n) is 16.3. The van der Waals surface area contributed by atoms with Crippen LogP contribution in [-0.4, -0.2) is 42.6 Å². The Bertz CT molecular complexity index is 1010. The molecule has 0 bridgehead atoms. The standard InChI is InChI=1S/C22H23N3O3S/c1-2-28-22(27)18-13-23-19-6-4-3-5-17(19)20(18)25-10-7-16(8-11-25)24-21(26)15-9-12-29-14-15/h3-6,9,12-14,16H,2,7-8,10-11H2,1H3,(H,24,26). The van der Waals surface area contributed by atoms with E-state index in [0.717, 1.165) is 42.5 Å². The van der Waals surface area contributed by atoms with Gasteiger partial charge in [0.2, 0.25) is 0 Å². The van der Waals surface area contributed by atoms with E-state index in [1.807, 2.05) is 41.1 Å². The molecule has 0 aliphatic carbocycles. The number of nitrogens with zero attached hydrogens (tertiary/aromatic N) is 2. The van der Waals surface area contributed by atoms with Gasteiger partial charge in [-0.15, -0.1) is 0 Å². The topological polar surface area (TPSA) is 71.5 Å². The first kappa shape index (κ1) is 19.4. The fourth-order valence-electron chi connectivity index (χ4n) is 3.74. The number of rotatable bonds is 5. The molecule has 0 atom stereocenters.